The number of carbonyl (C=O) groups is 1. The smallest absolute Gasteiger partial charge is 0.219 e. The Kier molecular flexibility index (Phi) is 7.41. The second-order valence-corrected chi connectivity index (χ2v) is 10.4. The molecule has 0 amide bonds. The van der Waals surface area contributed by atoms with Crippen LogP contribution in [0.2, 0.25) is 0 Å². The summed E-state index contributed by atoms with van der Waals surface area (Å²) in [5.41, 5.74) is 2.65. The largest absolute Gasteiger partial charge is 0.488 e. The second kappa shape index (κ2) is 10.7. The Hall–Kier alpha value is -2.42. The summed E-state index contributed by atoms with van der Waals surface area (Å²) in [4.78, 5) is 27.1. The van der Waals surface area contributed by atoms with Crippen LogP contribution in [0.5, 0.6) is 5.75 Å². The van der Waals surface area contributed by atoms with Crippen molar-refractivity contribution >= 4 is 28.6 Å². The first kappa shape index (κ1) is 24.3. The molecule has 3 aliphatic rings. The molecule has 0 atom stereocenters. The number of ether oxygens (including phenoxy) is 2. The predicted octanol–water partition coefficient (Wildman–Crippen LogP) is 3.56. The highest BCUT2D eigenvalue weighted by Crippen LogP contribution is 2.37. The van der Waals surface area contributed by atoms with E-state index in [1.165, 1.54) is 6.21 Å². The van der Waals surface area contributed by atoms with Crippen LogP contribution in [0.1, 0.15) is 50.0 Å². The zero-order chi connectivity index (χ0) is 24.4. The molecule has 3 saturated heterocycles. The van der Waals surface area contributed by atoms with E-state index in [4.69, 9.17) is 9.47 Å². The summed E-state index contributed by atoms with van der Waals surface area (Å²) >= 11 is 0. The lowest BCUT2D eigenvalue weighted by molar-refractivity contribution is 0.0843. The van der Waals surface area contributed by atoms with Crippen molar-refractivity contribution in [1.82, 2.24) is 14.8 Å². The topological polar surface area (TPSA) is 73.4 Å². The molecule has 0 radical (unpaired) electrons. The number of ketones is 1. The fourth-order valence-electron chi connectivity index (χ4n) is 5.69. The van der Waals surface area contributed by atoms with E-state index >= 15 is 0 Å². The van der Waals surface area contributed by atoms with Crippen LogP contribution in [0.4, 0.5) is 5.69 Å². The fourth-order valence-corrected chi connectivity index (χ4v) is 5.69. The Labute approximate surface area is 208 Å². The number of aromatic nitrogens is 1. The van der Waals surface area contributed by atoms with E-state index in [2.05, 4.69) is 50.7 Å². The van der Waals surface area contributed by atoms with Crippen LogP contribution in [0.15, 0.2) is 23.2 Å². The molecule has 5 rings (SSSR count). The van der Waals surface area contributed by atoms with Gasteiger partial charge < -0.3 is 24.3 Å². The maximum atomic E-state index is 12.4. The van der Waals surface area contributed by atoms with Crippen molar-refractivity contribution in [3.05, 3.63) is 23.9 Å². The van der Waals surface area contributed by atoms with Crippen LogP contribution < -0.4 is 9.64 Å². The van der Waals surface area contributed by atoms with E-state index in [0.29, 0.717) is 17.8 Å². The summed E-state index contributed by atoms with van der Waals surface area (Å²) in [6.07, 6.45) is 5.89. The monoisotopic (exact) mass is 481 g/mol. The Morgan fingerprint density at radius 3 is 2.54 bits per heavy atom. The summed E-state index contributed by atoms with van der Waals surface area (Å²) in [5, 5.41) is 1.00. The lowest BCUT2D eigenvalue weighted by Crippen LogP contribution is -2.44. The van der Waals surface area contributed by atoms with Crippen molar-refractivity contribution in [2.75, 3.05) is 58.0 Å². The highest BCUT2D eigenvalue weighted by molar-refractivity contribution is 6.35. The van der Waals surface area contributed by atoms with Gasteiger partial charge in [-0.05, 0) is 57.7 Å². The van der Waals surface area contributed by atoms with E-state index in [1.807, 2.05) is 6.07 Å². The Morgan fingerprint density at radius 2 is 1.89 bits per heavy atom. The number of fused-ring (bicyclic) bond motifs is 1. The van der Waals surface area contributed by atoms with Gasteiger partial charge in [-0.15, -0.1) is 0 Å². The normalized spacial score (nSPS) is 21.7. The first-order valence-electron chi connectivity index (χ1n) is 13.1. The summed E-state index contributed by atoms with van der Waals surface area (Å²) in [6.45, 7) is 11.3. The minimum Gasteiger partial charge on any atom is -0.488 e. The Balaban J connectivity index is 1.38. The van der Waals surface area contributed by atoms with Gasteiger partial charge in [0, 0.05) is 62.8 Å². The number of aromatic amines is 1. The molecule has 8 heteroatoms. The van der Waals surface area contributed by atoms with Crippen LogP contribution >= 0.6 is 0 Å². The van der Waals surface area contributed by atoms with E-state index in [1.54, 1.807) is 7.05 Å². The van der Waals surface area contributed by atoms with E-state index in [9.17, 15) is 4.79 Å². The average molecular weight is 482 g/mol. The van der Waals surface area contributed by atoms with Gasteiger partial charge in [0.2, 0.25) is 5.78 Å². The minimum absolute atomic E-state index is 0.109. The molecule has 4 heterocycles. The van der Waals surface area contributed by atoms with Crippen LogP contribution in [-0.4, -0.2) is 98.1 Å². The third kappa shape index (κ3) is 5.39. The van der Waals surface area contributed by atoms with Gasteiger partial charge in [0.1, 0.15) is 11.9 Å². The third-order valence-electron chi connectivity index (χ3n) is 7.81. The number of nitrogens with zero attached hydrogens (tertiary/aromatic N) is 4. The maximum absolute atomic E-state index is 12.4. The molecule has 3 fully saturated rings. The molecule has 0 bridgehead atoms. The summed E-state index contributed by atoms with van der Waals surface area (Å²) in [5.74, 6) is 0.827. The molecular formula is C27H39N5O3. The van der Waals surface area contributed by atoms with Crippen LogP contribution in [0, 0.1) is 0 Å². The van der Waals surface area contributed by atoms with E-state index < -0.39 is 0 Å². The number of hydrogen-bond acceptors (Lipinski definition) is 7. The first-order valence-corrected chi connectivity index (χ1v) is 13.1. The number of likely N-dealkylation sites (tertiary alicyclic amines) is 1. The quantitative estimate of drug-likeness (QED) is 0.482. The molecule has 1 N–H and O–H groups in total. The van der Waals surface area contributed by atoms with Gasteiger partial charge in [-0.1, -0.05) is 0 Å². The van der Waals surface area contributed by atoms with Crippen molar-refractivity contribution in [1.29, 1.82) is 0 Å². The summed E-state index contributed by atoms with van der Waals surface area (Å²) in [6, 6.07) is 7.37. The highest BCUT2D eigenvalue weighted by atomic mass is 16.5. The molecule has 2 aromatic rings. The van der Waals surface area contributed by atoms with Crippen molar-refractivity contribution in [2.24, 2.45) is 4.99 Å². The lowest BCUT2D eigenvalue weighted by Gasteiger charge is -2.39. The number of carbonyl (C=O) groups excluding carboxylic acids is 1. The summed E-state index contributed by atoms with van der Waals surface area (Å²) in [7, 11) is 1.62. The van der Waals surface area contributed by atoms with Gasteiger partial charge in [0.05, 0.1) is 30.9 Å². The number of hydrogen-bond donors (Lipinski definition) is 1. The number of rotatable bonds is 7. The first-order chi connectivity index (χ1) is 17.0. The molecule has 0 aliphatic carbocycles. The Morgan fingerprint density at radius 1 is 1.11 bits per heavy atom. The number of nitrogens with one attached hydrogen (secondary N) is 1. The van der Waals surface area contributed by atoms with Crippen LogP contribution in [-0.2, 0) is 4.74 Å². The average Bonchev–Trinajstić information content (AvgIpc) is 3.54. The second-order valence-electron chi connectivity index (χ2n) is 10.4. The van der Waals surface area contributed by atoms with Gasteiger partial charge in [0.25, 0.3) is 0 Å². The van der Waals surface area contributed by atoms with Crippen LogP contribution in [0.3, 0.4) is 0 Å². The number of benzene rings is 1. The molecule has 3 aliphatic heterocycles. The van der Waals surface area contributed by atoms with Crippen molar-refractivity contribution in [3.8, 4) is 5.75 Å². The molecule has 8 nitrogen and oxygen atoms in total. The fraction of sp³-hybridized carbons (Fsp3) is 0.630. The standard InChI is InChI=1S/C27H39N5O3/c1-19(2)30-10-6-22(7-11-30)35-27-15-20-14-24(26(33)17-28-3)29-23(20)16-25(27)31-8-4-21(5-9-31)32-12-13-34-18-32/h14-17,19,21-22,29H,4-13,18H2,1-3H3/b28-17+. The van der Waals surface area contributed by atoms with Crippen LogP contribution in [0.25, 0.3) is 10.9 Å². The molecule has 0 spiro atoms. The highest BCUT2D eigenvalue weighted by Gasteiger charge is 2.29. The van der Waals surface area contributed by atoms with Gasteiger partial charge in [0.15, 0.2) is 0 Å². The van der Waals surface area contributed by atoms with Gasteiger partial charge >= 0.3 is 0 Å². The summed E-state index contributed by atoms with van der Waals surface area (Å²) < 4.78 is 12.3. The molecule has 0 saturated carbocycles. The van der Waals surface area contributed by atoms with Crippen molar-refractivity contribution in [3.63, 3.8) is 0 Å². The molecule has 35 heavy (non-hydrogen) atoms. The maximum Gasteiger partial charge on any atom is 0.219 e. The number of piperidine rings is 2. The number of aliphatic imine (C=N–C) groups is 1. The lowest BCUT2D eigenvalue weighted by atomic mass is 10.0. The van der Waals surface area contributed by atoms with E-state index in [0.717, 1.165) is 94.1 Å². The molecule has 1 aromatic heterocycles. The molecule has 1 aromatic carbocycles. The molecular weight excluding hydrogens is 442 g/mol. The molecule has 0 unspecified atom stereocenters. The predicted molar refractivity (Wildman–Crippen MR) is 140 cm³/mol. The number of Topliss-reactive ketones (excluding diaryl/α,β-unsaturated/α-hetero) is 1. The zero-order valence-electron chi connectivity index (χ0n) is 21.3. The molecule has 190 valence electrons. The van der Waals surface area contributed by atoms with Gasteiger partial charge in [-0.2, -0.15) is 0 Å². The SMILES string of the molecule is C/N=C/C(=O)c1cc2cc(OC3CCN(C(C)C)CC3)c(N3CCC(N4CCOC4)CC3)cc2[nH]1. The van der Waals surface area contributed by atoms with Gasteiger partial charge in [-0.3, -0.25) is 14.7 Å². The number of H-pyrrole nitrogens is 1. The number of anilines is 1. The zero-order valence-corrected chi connectivity index (χ0v) is 21.3. The minimum atomic E-state index is -0.109. The Bertz CT molecular complexity index is 1040. The third-order valence-corrected chi connectivity index (χ3v) is 7.81. The van der Waals surface area contributed by atoms with E-state index in [-0.39, 0.29) is 11.9 Å². The van der Waals surface area contributed by atoms with Crippen molar-refractivity contribution < 1.29 is 14.3 Å². The van der Waals surface area contributed by atoms with Crippen molar-refractivity contribution in [2.45, 2.75) is 57.7 Å². The van der Waals surface area contributed by atoms with Gasteiger partial charge in [-0.25, -0.2) is 0 Å².